The fourth-order valence-corrected chi connectivity index (χ4v) is 2.49. The lowest BCUT2D eigenvalue weighted by molar-refractivity contribution is -0.147. The van der Waals surface area contributed by atoms with Crippen LogP contribution in [-0.2, 0) is 9.59 Å². The van der Waals surface area contributed by atoms with Crippen molar-refractivity contribution in [3.63, 3.8) is 0 Å². The molecular formula is C12H18N2O2S. The van der Waals surface area contributed by atoms with Crippen molar-refractivity contribution in [2.75, 3.05) is 0 Å². The van der Waals surface area contributed by atoms with Gasteiger partial charge in [0.15, 0.2) is 5.11 Å². The van der Waals surface area contributed by atoms with Gasteiger partial charge in [0.2, 0.25) is 11.8 Å². The molecule has 17 heavy (non-hydrogen) atoms. The van der Waals surface area contributed by atoms with Crippen LogP contribution in [0.1, 0.15) is 33.1 Å². The fraction of sp³-hybridized carbons (Fsp3) is 0.583. The largest absolute Gasteiger partial charge is 0.302 e. The molecule has 0 aromatic carbocycles. The van der Waals surface area contributed by atoms with Crippen LogP contribution in [-0.4, -0.2) is 16.9 Å². The van der Waals surface area contributed by atoms with Gasteiger partial charge in [-0.2, -0.15) is 0 Å². The predicted octanol–water partition coefficient (Wildman–Crippen LogP) is 1.52. The number of nitrogens with one attached hydrogen (secondary N) is 2. The van der Waals surface area contributed by atoms with Gasteiger partial charge >= 0.3 is 0 Å². The first kappa shape index (κ1) is 13.8. The normalized spacial score (nSPS) is 20.5. The van der Waals surface area contributed by atoms with Gasteiger partial charge in [0.05, 0.1) is 0 Å². The molecule has 94 valence electrons. The maximum atomic E-state index is 12.1. The molecule has 2 N–H and O–H groups in total. The summed E-state index contributed by atoms with van der Waals surface area (Å²) >= 11 is 4.81. The van der Waals surface area contributed by atoms with E-state index in [-0.39, 0.29) is 22.8 Å². The second kappa shape index (κ2) is 5.40. The lowest BCUT2D eigenvalue weighted by atomic mass is 9.69. The summed E-state index contributed by atoms with van der Waals surface area (Å²) in [4.78, 5) is 24.3. The van der Waals surface area contributed by atoms with Crippen LogP contribution in [0.5, 0.6) is 0 Å². The summed E-state index contributed by atoms with van der Waals surface area (Å²) in [6.07, 6.45) is 3.67. The van der Waals surface area contributed by atoms with Gasteiger partial charge in [-0.15, -0.1) is 6.58 Å². The van der Waals surface area contributed by atoms with Crippen LogP contribution in [0.15, 0.2) is 12.7 Å². The van der Waals surface area contributed by atoms with E-state index in [0.29, 0.717) is 6.42 Å². The van der Waals surface area contributed by atoms with Gasteiger partial charge in [-0.05, 0) is 31.0 Å². The molecule has 0 aliphatic carbocycles. The van der Waals surface area contributed by atoms with E-state index in [1.807, 2.05) is 13.8 Å². The third-order valence-corrected chi connectivity index (χ3v) is 3.50. The molecule has 0 aromatic rings. The molecular weight excluding hydrogens is 236 g/mol. The van der Waals surface area contributed by atoms with Gasteiger partial charge in [0.25, 0.3) is 0 Å². The number of hydrogen-bond acceptors (Lipinski definition) is 3. The average molecular weight is 254 g/mol. The minimum absolute atomic E-state index is 0.0476. The first-order chi connectivity index (χ1) is 7.98. The number of allylic oxidation sites excluding steroid dienone is 1. The second-order valence-corrected chi connectivity index (χ2v) is 4.80. The lowest BCUT2D eigenvalue weighted by Crippen LogP contribution is -2.64. The third-order valence-electron chi connectivity index (χ3n) is 3.29. The zero-order chi connectivity index (χ0) is 13.1. The van der Waals surface area contributed by atoms with Gasteiger partial charge in [0, 0.05) is 0 Å². The Bertz CT molecular complexity index is 346. The van der Waals surface area contributed by atoms with Crippen LogP contribution in [0.25, 0.3) is 0 Å². The maximum absolute atomic E-state index is 12.1. The molecule has 4 nitrogen and oxygen atoms in total. The highest BCUT2D eigenvalue weighted by atomic mass is 32.1. The molecule has 0 aromatic heterocycles. The Balaban J connectivity index is 3.11. The SMILES string of the molecule is C=CCC1([C@@H](C)CCC)C(=O)NC(=S)NC1=O. The number of hydrogen-bond donors (Lipinski definition) is 2. The Morgan fingerprint density at radius 3 is 2.35 bits per heavy atom. The summed E-state index contributed by atoms with van der Waals surface area (Å²) in [5.41, 5.74) is -1.07. The molecule has 1 fully saturated rings. The summed E-state index contributed by atoms with van der Waals surface area (Å²) in [5, 5.41) is 5.16. The van der Waals surface area contributed by atoms with Crippen LogP contribution < -0.4 is 10.6 Å². The highest BCUT2D eigenvalue weighted by Gasteiger charge is 2.51. The number of amides is 2. The molecule has 1 atom stereocenters. The Morgan fingerprint density at radius 2 is 1.94 bits per heavy atom. The monoisotopic (exact) mass is 254 g/mol. The van der Waals surface area contributed by atoms with Crippen molar-refractivity contribution in [3.8, 4) is 0 Å². The van der Waals surface area contributed by atoms with Crippen LogP contribution in [0, 0.1) is 11.3 Å². The first-order valence-electron chi connectivity index (χ1n) is 5.76. The highest BCUT2D eigenvalue weighted by Crippen LogP contribution is 2.37. The Morgan fingerprint density at radius 1 is 1.41 bits per heavy atom. The molecule has 2 amide bonds. The van der Waals surface area contributed by atoms with Gasteiger partial charge in [0.1, 0.15) is 5.41 Å². The minimum Gasteiger partial charge on any atom is -0.302 e. The van der Waals surface area contributed by atoms with Crippen molar-refractivity contribution in [2.45, 2.75) is 33.1 Å². The van der Waals surface area contributed by atoms with E-state index in [4.69, 9.17) is 12.2 Å². The van der Waals surface area contributed by atoms with E-state index in [2.05, 4.69) is 17.2 Å². The molecule has 0 spiro atoms. The van der Waals surface area contributed by atoms with E-state index in [9.17, 15) is 9.59 Å². The Kier molecular flexibility index (Phi) is 4.40. The second-order valence-electron chi connectivity index (χ2n) is 4.39. The van der Waals surface area contributed by atoms with Crippen LogP contribution >= 0.6 is 12.2 Å². The van der Waals surface area contributed by atoms with Crippen LogP contribution in [0.2, 0.25) is 0 Å². The summed E-state index contributed by atoms with van der Waals surface area (Å²) in [6.45, 7) is 7.58. The van der Waals surface area contributed by atoms with Gasteiger partial charge in [-0.1, -0.05) is 26.3 Å². The van der Waals surface area contributed by atoms with E-state index in [0.717, 1.165) is 12.8 Å². The zero-order valence-electron chi connectivity index (χ0n) is 10.2. The molecule has 0 radical (unpaired) electrons. The van der Waals surface area contributed by atoms with E-state index in [1.54, 1.807) is 6.08 Å². The number of carbonyl (C=O) groups is 2. The summed E-state index contributed by atoms with van der Waals surface area (Å²) in [5.74, 6) is -0.673. The van der Waals surface area contributed by atoms with Crippen molar-refractivity contribution in [1.82, 2.24) is 10.6 Å². The topological polar surface area (TPSA) is 58.2 Å². The number of carbonyl (C=O) groups excluding carboxylic acids is 2. The summed E-state index contributed by atoms with van der Waals surface area (Å²) in [6, 6.07) is 0. The van der Waals surface area contributed by atoms with Crippen molar-refractivity contribution in [1.29, 1.82) is 0 Å². The summed E-state index contributed by atoms with van der Waals surface area (Å²) < 4.78 is 0. The van der Waals surface area contributed by atoms with Gasteiger partial charge in [-0.3, -0.25) is 9.59 Å². The van der Waals surface area contributed by atoms with Crippen molar-refractivity contribution in [3.05, 3.63) is 12.7 Å². The Labute approximate surface area is 107 Å². The first-order valence-corrected chi connectivity index (χ1v) is 6.17. The molecule has 0 unspecified atom stereocenters. The molecule has 1 aliphatic heterocycles. The standard InChI is InChI=1S/C12H18N2O2S/c1-4-6-8(3)12(7-5-2)9(15)13-11(17)14-10(12)16/h5,8H,2,4,6-7H2,1,3H3,(H2,13,14,15,16,17)/t8-/m0/s1. The number of thiocarbonyl (C=S) groups is 1. The average Bonchev–Trinajstić information content (AvgIpc) is 2.23. The van der Waals surface area contributed by atoms with Crippen molar-refractivity contribution < 1.29 is 9.59 Å². The number of rotatable bonds is 5. The molecule has 1 aliphatic rings. The van der Waals surface area contributed by atoms with Crippen molar-refractivity contribution in [2.24, 2.45) is 11.3 Å². The zero-order valence-corrected chi connectivity index (χ0v) is 11.0. The molecule has 0 saturated carbocycles. The summed E-state index contributed by atoms with van der Waals surface area (Å²) in [7, 11) is 0. The van der Waals surface area contributed by atoms with Gasteiger partial charge < -0.3 is 10.6 Å². The van der Waals surface area contributed by atoms with Crippen LogP contribution in [0.3, 0.4) is 0 Å². The lowest BCUT2D eigenvalue weighted by Gasteiger charge is -2.38. The predicted molar refractivity (Wildman–Crippen MR) is 70.2 cm³/mol. The van der Waals surface area contributed by atoms with E-state index < -0.39 is 5.41 Å². The molecule has 1 rings (SSSR count). The molecule has 1 saturated heterocycles. The quantitative estimate of drug-likeness (QED) is 0.444. The van der Waals surface area contributed by atoms with Gasteiger partial charge in [-0.25, -0.2) is 0 Å². The van der Waals surface area contributed by atoms with Crippen molar-refractivity contribution >= 4 is 29.1 Å². The van der Waals surface area contributed by atoms with E-state index in [1.165, 1.54) is 0 Å². The molecule has 5 heteroatoms. The molecule has 1 heterocycles. The maximum Gasteiger partial charge on any atom is 0.242 e. The minimum atomic E-state index is -1.07. The van der Waals surface area contributed by atoms with E-state index >= 15 is 0 Å². The third kappa shape index (κ3) is 2.39. The molecule has 0 bridgehead atoms. The Hall–Kier alpha value is -1.23. The highest BCUT2D eigenvalue weighted by molar-refractivity contribution is 7.80. The van der Waals surface area contributed by atoms with Crippen LogP contribution in [0.4, 0.5) is 0 Å². The fourth-order valence-electron chi connectivity index (χ4n) is 2.30. The smallest absolute Gasteiger partial charge is 0.242 e.